The Morgan fingerprint density at radius 2 is 2.45 bits per heavy atom. The number of Topliss-reactive ketones (excluding diaryl/α,β-unsaturated/α-hetero) is 1. The van der Waals surface area contributed by atoms with E-state index in [4.69, 9.17) is 0 Å². The highest BCUT2D eigenvalue weighted by Crippen LogP contribution is 2.18. The number of carbonyl (C=O) groups is 1. The predicted octanol–water partition coefficient (Wildman–Crippen LogP) is 3.40. The van der Waals surface area contributed by atoms with Gasteiger partial charge >= 0.3 is 0 Å². The molecule has 4 heteroatoms. The molecule has 0 aromatic carbocycles. The van der Waals surface area contributed by atoms with Gasteiger partial charge in [-0.25, -0.2) is 0 Å². The topological polar surface area (TPSA) is 29.1 Å². The summed E-state index contributed by atoms with van der Waals surface area (Å²) in [5.41, 5.74) is 1.06. The van der Waals surface area contributed by atoms with Crippen LogP contribution < -0.4 is 5.32 Å². The Hall–Kier alpha value is -1.29. The minimum Gasteiger partial charge on any atom is -0.393 e. The first-order valence-corrected chi connectivity index (χ1v) is 7.97. The van der Waals surface area contributed by atoms with Crippen LogP contribution in [0.25, 0.3) is 0 Å². The third-order valence-electron chi connectivity index (χ3n) is 3.43. The van der Waals surface area contributed by atoms with Crippen LogP contribution in [0.1, 0.15) is 24.6 Å². The van der Waals surface area contributed by atoms with E-state index in [0.717, 1.165) is 24.9 Å². The van der Waals surface area contributed by atoms with Crippen LogP contribution in [0, 0.1) is 5.92 Å². The van der Waals surface area contributed by atoms with Crippen LogP contribution in [0.15, 0.2) is 41.9 Å². The van der Waals surface area contributed by atoms with Crippen molar-refractivity contribution in [1.82, 2.24) is 5.32 Å². The Balaban J connectivity index is 1.78. The molecule has 1 aliphatic rings. The summed E-state index contributed by atoms with van der Waals surface area (Å²) in [5.74, 6) is 0.960. The number of ketones is 1. The average molecular weight is 286 g/mol. The number of hydrogen-bond donors (Lipinski definition) is 1. The summed E-state index contributed by atoms with van der Waals surface area (Å²) >= 11 is 1.76. The summed E-state index contributed by atoms with van der Waals surface area (Å²) in [6, 6.07) is 4.21. The Labute approximate surface area is 126 Å². The quantitative estimate of drug-likeness (QED) is 0.641. The molecule has 2 unspecified atom stereocenters. The molecule has 2 rings (SSSR count). The molecule has 0 spiro atoms. The van der Waals surface area contributed by atoms with Gasteiger partial charge in [-0.05, 0) is 36.7 Å². The normalized spacial score (nSPS) is 21.9. The van der Waals surface area contributed by atoms with E-state index < -0.39 is 0 Å². The minimum absolute atomic E-state index is 0.265. The van der Waals surface area contributed by atoms with E-state index in [1.165, 1.54) is 4.88 Å². The maximum absolute atomic E-state index is 11.2. The van der Waals surface area contributed by atoms with E-state index >= 15 is 0 Å². The van der Waals surface area contributed by atoms with E-state index in [1.54, 1.807) is 18.3 Å². The number of nitrogens with one attached hydrogen (secondary N) is 1. The van der Waals surface area contributed by atoms with Crippen molar-refractivity contribution in [3.05, 3.63) is 46.8 Å². The lowest BCUT2D eigenvalue weighted by Crippen LogP contribution is -2.33. The molecule has 1 radical (unpaired) electrons. The maximum atomic E-state index is 11.2. The second-order valence-electron chi connectivity index (χ2n) is 5.41. The summed E-state index contributed by atoms with van der Waals surface area (Å²) in [6.07, 6.45) is 7.84. The smallest absolute Gasteiger partial charge is 0.141 e. The standard InChI is InChI=1S/C16H21BNOS/c1-12(9-15-6-4-8-20-15)18-16-7-3-5-14(11-17-16)10-13(2)19/h3-6,8,14,16,18H,1,7,9-11H2,2H3. The van der Waals surface area contributed by atoms with Gasteiger partial charge in [-0.3, -0.25) is 0 Å². The number of rotatable bonds is 6. The maximum Gasteiger partial charge on any atom is 0.141 e. The molecule has 0 bridgehead atoms. The fraction of sp³-hybridized carbons (Fsp3) is 0.438. The second-order valence-corrected chi connectivity index (χ2v) is 6.44. The lowest BCUT2D eigenvalue weighted by molar-refractivity contribution is -0.117. The monoisotopic (exact) mass is 286 g/mol. The van der Waals surface area contributed by atoms with E-state index in [-0.39, 0.29) is 5.78 Å². The van der Waals surface area contributed by atoms with Gasteiger partial charge in [0.15, 0.2) is 0 Å². The van der Waals surface area contributed by atoms with Crippen LogP contribution in [-0.4, -0.2) is 19.0 Å². The van der Waals surface area contributed by atoms with E-state index in [9.17, 15) is 4.79 Å². The van der Waals surface area contributed by atoms with Gasteiger partial charge < -0.3 is 10.1 Å². The highest BCUT2D eigenvalue weighted by atomic mass is 32.1. The van der Waals surface area contributed by atoms with Crippen LogP contribution in [0.5, 0.6) is 0 Å². The molecular weight excluding hydrogens is 265 g/mol. The molecule has 2 heterocycles. The van der Waals surface area contributed by atoms with Gasteiger partial charge in [-0.2, -0.15) is 0 Å². The molecule has 2 nitrogen and oxygen atoms in total. The van der Waals surface area contributed by atoms with E-state index in [2.05, 4.69) is 48.8 Å². The van der Waals surface area contributed by atoms with Crippen LogP contribution >= 0.6 is 11.3 Å². The molecule has 0 saturated carbocycles. The first kappa shape index (κ1) is 15.1. The van der Waals surface area contributed by atoms with E-state index in [0.29, 0.717) is 18.3 Å². The van der Waals surface area contributed by atoms with Crippen molar-refractivity contribution in [2.24, 2.45) is 5.92 Å². The van der Waals surface area contributed by atoms with Gasteiger partial charge in [0.05, 0.1) is 0 Å². The summed E-state index contributed by atoms with van der Waals surface area (Å²) in [7, 11) is 2.28. The van der Waals surface area contributed by atoms with Crippen molar-refractivity contribution in [2.45, 2.75) is 38.4 Å². The Kier molecular flexibility index (Phi) is 5.65. The van der Waals surface area contributed by atoms with Crippen molar-refractivity contribution in [3.8, 4) is 0 Å². The lowest BCUT2D eigenvalue weighted by Gasteiger charge is -2.18. The summed E-state index contributed by atoms with van der Waals surface area (Å²) in [5, 5.41) is 5.58. The van der Waals surface area contributed by atoms with Crippen molar-refractivity contribution in [2.75, 3.05) is 0 Å². The van der Waals surface area contributed by atoms with Gasteiger partial charge in [-0.1, -0.05) is 31.1 Å². The molecule has 2 atom stereocenters. The number of thiophene rings is 1. The molecular formula is C16H21BNOS. The molecule has 1 aromatic rings. The molecule has 1 N–H and O–H groups in total. The number of hydrogen-bond acceptors (Lipinski definition) is 3. The SMILES string of the molecule is C=C(Cc1cccs1)NC1[B]CC(CC(C)=O)C=CC1. The zero-order valence-corrected chi connectivity index (χ0v) is 12.8. The summed E-state index contributed by atoms with van der Waals surface area (Å²) < 4.78 is 0. The zero-order chi connectivity index (χ0) is 14.4. The first-order chi connectivity index (χ1) is 9.63. The number of allylic oxidation sites excluding steroid dienone is 2. The van der Waals surface area contributed by atoms with Crippen LogP contribution in [0.4, 0.5) is 0 Å². The number of carbonyl (C=O) groups excluding carboxylic acids is 1. The summed E-state index contributed by atoms with van der Waals surface area (Å²) in [6.45, 7) is 5.78. The summed E-state index contributed by atoms with van der Waals surface area (Å²) in [4.78, 5) is 12.5. The molecule has 105 valence electrons. The van der Waals surface area contributed by atoms with E-state index in [1.807, 2.05) is 0 Å². The van der Waals surface area contributed by atoms with Gasteiger partial charge in [-0.15, -0.1) is 11.3 Å². The third kappa shape index (κ3) is 5.01. The Morgan fingerprint density at radius 3 is 3.15 bits per heavy atom. The van der Waals surface area contributed by atoms with Crippen molar-refractivity contribution < 1.29 is 4.79 Å². The van der Waals surface area contributed by atoms with Crippen LogP contribution in [0.2, 0.25) is 6.32 Å². The van der Waals surface area contributed by atoms with Crippen molar-refractivity contribution in [1.29, 1.82) is 0 Å². The molecule has 20 heavy (non-hydrogen) atoms. The van der Waals surface area contributed by atoms with Gasteiger partial charge in [0.1, 0.15) is 13.1 Å². The van der Waals surface area contributed by atoms with Gasteiger partial charge in [0.25, 0.3) is 0 Å². The molecule has 0 fully saturated rings. The first-order valence-electron chi connectivity index (χ1n) is 7.09. The second kappa shape index (κ2) is 7.48. The fourth-order valence-corrected chi connectivity index (χ4v) is 3.25. The van der Waals surface area contributed by atoms with Crippen molar-refractivity contribution >= 4 is 24.4 Å². The average Bonchev–Trinajstić information content (AvgIpc) is 2.78. The predicted molar refractivity (Wildman–Crippen MR) is 87.2 cm³/mol. The Bertz CT molecular complexity index is 481. The van der Waals surface area contributed by atoms with Crippen LogP contribution in [0.3, 0.4) is 0 Å². The van der Waals surface area contributed by atoms with Gasteiger partial charge in [0.2, 0.25) is 0 Å². The molecule has 1 aliphatic heterocycles. The third-order valence-corrected chi connectivity index (χ3v) is 4.30. The molecule has 0 aliphatic carbocycles. The Morgan fingerprint density at radius 1 is 1.60 bits per heavy atom. The van der Waals surface area contributed by atoms with Crippen molar-refractivity contribution in [3.63, 3.8) is 0 Å². The van der Waals surface area contributed by atoms with Crippen LogP contribution in [-0.2, 0) is 11.2 Å². The minimum atomic E-state index is 0.265. The molecule has 0 amide bonds. The lowest BCUT2D eigenvalue weighted by atomic mass is 9.62. The highest BCUT2D eigenvalue weighted by Gasteiger charge is 2.17. The fourth-order valence-electron chi connectivity index (χ4n) is 2.51. The molecule has 1 aromatic heterocycles. The zero-order valence-electron chi connectivity index (χ0n) is 12.0. The highest BCUT2D eigenvalue weighted by molar-refractivity contribution is 7.09. The van der Waals surface area contributed by atoms with Gasteiger partial charge in [0, 0.05) is 23.4 Å². The largest absolute Gasteiger partial charge is 0.393 e. The molecule has 0 saturated heterocycles.